The van der Waals surface area contributed by atoms with E-state index in [1.165, 1.54) is 0 Å². The Morgan fingerprint density at radius 1 is 1.26 bits per heavy atom. The van der Waals surface area contributed by atoms with Crippen molar-refractivity contribution in [2.24, 2.45) is 28.1 Å². The van der Waals surface area contributed by atoms with Crippen LogP contribution in [0.15, 0.2) is 0 Å². The molecule has 5 fully saturated rings. The van der Waals surface area contributed by atoms with Crippen molar-refractivity contribution in [1.82, 2.24) is 0 Å². The molecule has 27 heavy (non-hydrogen) atoms. The second kappa shape index (κ2) is 5.07. The molecule has 3 aliphatic heterocycles. The third-order valence-electron chi connectivity index (χ3n) is 9.18. The van der Waals surface area contributed by atoms with E-state index < -0.39 is 16.6 Å². The summed E-state index contributed by atoms with van der Waals surface area (Å²) in [4.78, 5) is 11.5. The number of carbonyl (C=O) groups excluding carboxylic acids is 1. The normalized spacial score (nSPS) is 58.7. The summed E-state index contributed by atoms with van der Waals surface area (Å²) in [7, 11) is 0. The summed E-state index contributed by atoms with van der Waals surface area (Å²) in [5.74, 6) is 0.218. The van der Waals surface area contributed by atoms with E-state index in [4.69, 9.17) is 18.9 Å². The maximum Gasteiger partial charge on any atom is 0.293 e. The van der Waals surface area contributed by atoms with Gasteiger partial charge in [0, 0.05) is 11.3 Å². The first-order chi connectivity index (χ1) is 12.6. The summed E-state index contributed by atoms with van der Waals surface area (Å²) >= 11 is 0. The summed E-state index contributed by atoms with van der Waals surface area (Å²) in [5, 5.41) is 11.9. The summed E-state index contributed by atoms with van der Waals surface area (Å²) in [6.45, 7) is 12.5. The SMILES string of the molecule is C[C@@H]1COC2CC34C(OC=O)C[C@@H](C(C)(C)C)C35CCOC5OC4(C)[C@]21O. The molecule has 0 amide bonds. The van der Waals surface area contributed by atoms with Crippen molar-refractivity contribution in [3.63, 3.8) is 0 Å². The molecule has 5 rings (SSSR count). The van der Waals surface area contributed by atoms with Crippen LogP contribution in [0.3, 0.4) is 0 Å². The molecule has 6 unspecified atom stereocenters. The predicted octanol–water partition coefficient (Wildman–Crippen LogP) is 2.27. The molecule has 3 heterocycles. The fraction of sp³-hybridized carbons (Fsp3) is 0.952. The lowest BCUT2D eigenvalue weighted by Gasteiger charge is -2.50. The fourth-order valence-corrected chi connectivity index (χ4v) is 8.27. The number of hydrogen-bond acceptors (Lipinski definition) is 6. The smallest absolute Gasteiger partial charge is 0.293 e. The van der Waals surface area contributed by atoms with Gasteiger partial charge in [-0.25, -0.2) is 0 Å². The Hall–Kier alpha value is -0.690. The molecule has 9 atom stereocenters. The Morgan fingerprint density at radius 3 is 2.67 bits per heavy atom. The first kappa shape index (κ1) is 18.3. The fourth-order valence-electron chi connectivity index (χ4n) is 8.27. The van der Waals surface area contributed by atoms with Crippen LogP contribution in [0.25, 0.3) is 0 Å². The summed E-state index contributed by atoms with van der Waals surface area (Å²) in [6.07, 6.45) is 1.32. The van der Waals surface area contributed by atoms with Gasteiger partial charge in [0.15, 0.2) is 6.29 Å². The molecule has 5 aliphatic rings. The lowest BCUT2D eigenvalue weighted by molar-refractivity contribution is -0.245. The molecule has 0 aromatic rings. The van der Waals surface area contributed by atoms with Crippen LogP contribution in [0, 0.1) is 28.1 Å². The molecular formula is C21H32O6. The molecule has 0 radical (unpaired) electrons. The van der Waals surface area contributed by atoms with Gasteiger partial charge in [0.05, 0.1) is 24.7 Å². The Balaban J connectivity index is 1.76. The Labute approximate surface area is 160 Å². The Morgan fingerprint density at radius 2 is 2.00 bits per heavy atom. The molecule has 6 nitrogen and oxygen atoms in total. The van der Waals surface area contributed by atoms with Crippen LogP contribution >= 0.6 is 0 Å². The molecular weight excluding hydrogens is 348 g/mol. The molecule has 152 valence electrons. The van der Waals surface area contributed by atoms with Gasteiger partial charge in [-0.1, -0.05) is 27.7 Å². The minimum atomic E-state index is -1.11. The van der Waals surface area contributed by atoms with Crippen molar-refractivity contribution in [2.75, 3.05) is 13.2 Å². The van der Waals surface area contributed by atoms with Crippen LogP contribution in [0.2, 0.25) is 0 Å². The van der Waals surface area contributed by atoms with Crippen molar-refractivity contribution in [3.8, 4) is 0 Å². The van der Waals surface area contributed by atoms with E-state index in [2.05, 4.69) is 20.8 Å². The minimum absolute atomic E-state index is 0.00134. The molecule has 1 N–H and O–H groups in total. The average Bonchev–Trinajstić information content (AvgIpc) is 3.27. The summed E-state index contributed by atoms with van der Waals surface area (Å²) in [6, 6.07) is 0. The standard InChI is InChI=1S/C21H32O6/c1-12-10-25-15-9-20-14(26-11-22)8-13(17(2,3)4)19(20)6-7-24-16(19)27-18(20,5)21(12,15)23/h11-16,23H,6-10H2,1-5H3/t12-,13+,14?,15?,16?,18?,19?,20?,21-/m1/s1. The van der Waals surface area contributed by atoms with Crippen molar-refractivity contribution < 1.29 is 28.8 Å². The molecule has 6 heteroatoms. The Bertz CT molecular complexity index is 674. The van der Waals surface area contributed by atoms with E-state index >= 15 is 0 Å². The van der Waals surface area contributed by atoms with Gasteiger partial charge in [-0.3, -0.25) is 4.79 Å². The molecule has 2 saturated carbocycles. The number of rotatable bonds is 2. The summed E-state index contributed by atoms with van der Waals surface area (Å²) in [5.41, 5.74) is -2.77. The van der Waals surface area contributed by atoms with E-state index in [9.17, 15) is 9.90 Å². The number of aliphatic hydroxyl groups is 1. The summed E-state index contributed by atoms with van der Waals surface area (Å²) < 4.78 is 24.7. The highest BCUT2D eigenvalue weighted by Crippen LogP contribution is 2.82. The van der Waals surface area contributed by atoms with Crippen molar-refractivity contribution in [1.29, 1.82) is 0 Å². The number of ether oxygens (including phenoxy) is 4. The van der Waals surface area contributed by atoms with Crippen molar-refractivity contribution in [2.45, 2.75) is 83.6 Å². The number of carbonyl (C=O) groups is 1. The monoisotopic (exact) mass is 380 g/mol. The van der Waals surface area contributed by atoms with Gasteiger partial charge in [0.1, 0.15) is 17.3 Å². The highest BCUT2D eigenvalue weighted by atomic mass is 16.7. The van der Waals surface area contributed by atoms with E-state index in [1.54, 1.807) is 0 Å². The van der Waals surface area contributed by atoms with Crippen LogP contribution < -0.4 is 0 Å². The maximum absolute atomic E-state index is 11.9. The molecule has 0 bridgehead atoms. The van der Waals surface area contributed by atoms with E-state index in [0.717, 1.165) is 12.8 Å². The van der Waals surface area contributed by atoms with Crippen LogP contribution in [0.5, 0.6) is 0 Å². The third kappa shape index (κ3) is 1.65. The van der Waals surface area contributed by atoms with E-state index in [0.29, 0.717) is 26.1 Å². The van der Waals surface area contributed by atoms with E-state index in [-0.39, 0.29) is 41.2 Å². The largest absolute Gasteiger partial charge is 0.464 e. The molecule has 2 spiro atoms. The van der Waals surface area contributed by atoms with Crippen LogP contribution in [-0.2, 0) is 23.7 Å². The quantitative estimate of drug-likeness (QED) is 0.741. The zero-order valence-corrected chi connectivity index (χ0v) is 17.0. The first-order valence-corrected chi connectivity index (χ1v) is 10.3. The second-order valence-corrected chi connectivity index (χ2v) is 10.7. The zero-order valence-electron chi connectivity index (χ0n) is 17.0. The van der Waals surface area contributed by atoms with Crippen LogP contribution in [-0.4, -0.2) is 54.5 Å². The van der Waals surface area contributed by atoms with Gasteiger partial charge < -0.3 is 24.1 Å². The second-order valence-electron chi connectivity index (χ2n) is 10.7. The molecule has 3 saturated heterocycles. The Kier molecular flexibility index (Phi) is 3.45. The van der Waals surface area contributed by atoms with Gasteiger partial charge in [-0.15, -0.1) is 0 Å². The van der Waals surface area contributed by atoms with Gasteiger partial charge in [0.2, 0.25) is 0 Å². The van der Waals surface area contributed by atoms with Crippen LogP contribution in [0.4, 0.5) is 0 Å². The predicted molar refractivity (Wildman–Crippen MR) is 95.7 cm³/mol. The minimum Gasteiger partial charge on any atom is -0.464 e. The molecule has 0 aromatic carbocycles. The highest BCUT2D eigenvalue weighted by molar-refractivity contribution is 5.42. The van der Waals surface area contributed by atoms with Gasteiger partial charge in [-0.05, 0) is 37.5 Å². The van der Waals surface area contributed by atoms with Gasteiger partial charge in [-0.2, -0.15) is 0 Å². The van der Waals surface area contributed by atoms with Gasteiger partial charge >= 0.3 is 0 Å². The van der Waals surface area contributed by atoms with Crippen molar-refractivity contribution >= 4 is 6.47 Å². The zero-order chi connectivity index (χ0) is 19.5. The van der Waals surface area contributed by atoms with Crippen LogP contribution in [0.1, 0.15) is 53.9 Å². The topological polar surface area (TPSA) is 74.2 Å². The lowest BCUT2D eigenvalue weighted by Crippen LogP contribution is -2.63. The number of hydrogen-bond donors (Lipinski definition) is 1. The maximum atomic E-state index is 11.9. The average molecular weight is 380 g/mol. The van der Waals surface area contributed by atoms with E-state index in [1.807, 2.05) is 13.8 Å². The number of fused-ring (bicyclic) bond motifs is 2. The third-order valence-corrected chi connectivity index (χ3v) is 9.18. The lowest BCUT2D eigenvalue weighted by atomic mass is 9.52. The first-order valence-electron chi connectivity index (χ1n) is 10.3. The molecule has 2 aliphatic carbocycles. The van der Waals surface area contributed by atoms with Crippen molar-refractivity contribution in [3.05, 3.63) is 0 Å². The highest BCUT2D eigenvalue weighted by Gasteiger charge is 2.91. The molecule has 0 aromatic heterocycles. The van der Waals surface area contributed by atoms with Gasteiger partial charge in [0.25, 0.3) is 6.47 Å².